The van der Waals surface area contributed by atoms with Crippen molar-refractivity contribution < 1.29 is 0 Å². The van der Waals surface area contributed by atoms with Crippen molar-refractivity contribution in [2.75, 3.05) is 6.54 Å². The maximum atomic E-state index is 6.11. The van der Waals surface area contributed by atoms with Gasteiger partial charge in [-0.1, -0.05) is 32.8 Å². The van der Waals surface area contributed by atoms with Gasteiger partial charge in [0.25, 0.3) is 0 Å². The molecular formula is C14H23N3S. The van der Waals surface area contributed by atoms with Gasteiger partial charge in [-0.15, -0.1) is 11.3 Å². The molecule has 0 saturated carbocycles. The molecule has 0 bridgehead atoms. The molecule has 100 valence electrons. The van der Waals surface area contributed by atoms with Crippen LogP contribution in [0.3, 0.4) is 0 Å². The number of thiophene rings is 1. The third-order valence-corrected chi connectivity index (χ3v) is 4.57. The van der Waals surface area contributed by atoms with E-state index in [0.717, 1.165) is 19.0 Å². The summed E-state index contributed by atoms with van der Waals surface area (Å²) in [7, 11) is 0. The summed E-state index contributed by atoms with van der Waals surface area (Å²) < 4.78 is 0. The van der Waals surface area contributed by atoms with Gasteiger partial charge in [-0.05, 0) is 24.3 Å². The van der Waals surface area contributed by atoms with Gasteiger partial charge in [0.15, 0.2) is 5.96 Å². The predicted octanol–water partition coefficient (Wildman–Crippen LogP) is 3.22. The second-order valence-corrected chi connectivity index (χ2v) is 6.10. The molecule has 0 unspecified atom stereocenters. The minimum atomic E-state index is 0.164. The fraction of sp³-hybridized carbons (Fsp3) is 0.643. The fourth-order valence-electron chi connectivity index (χ4n) is 2.93. The molecule has 1 aliphatic heterocycles. The van der Waals surface area contributed by atoms with Crippen LogP contribution in [0.25, 0.3) is 0 Å². The summed E-state index contributed by atoms with van der Waals surface area (Å²) in [6.07, 6.45) is 4.72. The second-order valence-electron chi connectivity index (χ2n) is 5.06. The molecule has 0 amide bonds. The van der Waals surface area contributed by atoms with E-state index in [1.165, 1.54) is 30.6 Å². The Morgan fingerprint density at radius 1 is 1.39 bits per heavy atom. The summed E-state index contributed by atoms with van der Waals surface area (Å²) in [5.74, 6) is 0.727. The molecule has 0 saturated heterocycles. The van der Waals surface area contributed by atoms with E-state index in [4.69, 9.17) is 5.73 Å². The number of nitrogens with zero attached hydrogens (tertiary/aromatic N) is 2. The molecule has 0 aromatic carbocycles. The van der Waals surface area contributed by atoms with Gasteiger partial charge in [-0.25, -0.2) is 0 Å². The molecule has 0 atom stereocenters. The van der Waals surface area contributed by atoms with E-state index in [-0.39, 0.29) is 5.54 Å². The Labute approximate surface area is 114 Å². The zero-order valence-corrected chi connectivity index (χ0v) is 12.2. The van der Waals surface area contributed by atoms with Gasteiger partial charge in [0.1, 0.15) is 0 Å². The van der Waals surface area contributed by atoms with Crippen LogP contribution in [0.4, 0.5) is 0 Å². The minimum Gasteiger partial charge on any atom is -0.370 e. The summed E-state index contributed by atoms with van der Waals surface area (Å²) in [4.78, 5) is 8.22. The molecule has 2 rings (SSSR count). The van der Waals surface area contributed by atoms with Crippen molar-refractivity contribution in [3.05, 3.63) is 22.4 Å². The Bertz CT molecular complexity index is 391. The number of guanidine groups is 1. The third-order valence-electron chi connectivity index (χ3n) is 3.71. The maximum Gasteiger partial charge on any atom is 0.192 e. The molecular weight excluding hydrogens is 242 g/mol. The number of nitrogens with two attached hydrogens (primary N) is 1. The molecule has 1 aromatic rings. The van der Waals surface area contributed by atoms with Crippen LogP contribution in [-0.2, 0) is 6.54 Å². The Kier molecular flexibility index (Phi) is 4.27. The Balaban J connectivity index is 2.18. The molecule has 1 aromatic heterocycles. The van der Waals surface area contributed by atoms with Gasteiger partial charge in [0.2, 0.25) is 0 Å². The molecule has 0 fully saturated rings. The molecule has 18 heavy (non-hydrogen) atoms. The number of rotatable bonds is 6. The van der Waals surface area contributed by atoms with Gasteiger partial charge in [-0.3, -0.25) is 4.99 Å². The number of aliphatic imine (C=N–C) groups is 1. The lowest BCUT2D eigenvalue weighted by Gasteiger charge is -2.39. The van der Waals surface area contributed by atoms with Crippen molar-refractivity contribution in [1.82, 2.24) is 4.90 Å². The molecule has 2 heterocycles. The Morgan fingerprint density at radius 2 is 2.11 bits per heavy atom. The van der Waals surface area contributed by atoms with E-state index in [2.05, 4.69) is 41.3 Å². The average molecular weight is 265 g/mol. The highest BCUT2D eigenvalue weighted by Gasteiger charge is 2.40. The van der Waals surface area contributed by atoms with Crippen LogP contribution in [0, 0.1) is 0 Å². The first kappa shape index (κ1) is 13.4. The highest BCUT2D eigenvalue weighted by molar-refractivity contribution is 7.09. The zero-order valence-electron chi connectivity index (χ0n) is 11.4. The Hall–Kier alpha value is -1.03. The standard InChI is InChI=1S/C14H23N3S/c1-3-7-14(8-4-2)11-16-13(15)17(14)10-12-6-5-9-18-12/h5-6,9H,3-4,7-8,10-11H2,1-2H3,(H2,15,16). The van der Waals surface area contributed by atoms with E-state index in [9.17, 15) is 0 Å². The first-order valence-electron chi connectivity index (χ1n) is 6.82. The Morgan fingerprint density at radius 3 is 2.67 bits per heavy atom. The van der Waals surface area contributed by atoms with E-state index in [1.807, 2.05) is 0 Å². The lowest BCUT2D eigenvalue weighted by atomic mass is 9.87. The van der Waals surface area contributed by atoms with Crippen molar-refractivity contribution in [2.45, 2.75) is 51.6 Å². The van der Waals surface area contributed by atoms with E-state index in [0.29, 0.717) is 0 Å². The van der Waals surface area contributed by atoms with Gasteiger partial charge in [0, 0.05) is 4.88 Å². The molecule has 1 aliphatic rings. The summed E-state index contributed by atoms with van der Waals surface area (Å²) in [5, 5.41) is 2.13. The molecule has 0 spiro atoms. The minimum absolute atomic E-state index is 0.164. The lowest BCUT2D eigenvalue weighted by molar-refractivity contribution is 0.163. The highest BCUT2D eigenvalue weighted by atomic mass is 32.1. The van der Waals surface area contributed by atoms with Crippen LogP contribution in [-0.4, -0.2) is 22.9 Å². The summed E-state index contributed by atoms with van der Waals surface area (Å²) >= 11 is 1.80. The van der Waals surface area contributed by atoms with Crippen molar-refractivity contribution in [3.8, 4) is 0 Å². The average Bonchev–Trinajstić information content (AvgIpc) is 2.95. The first-order valence-corrected chi connectivity index (χ1v) is 7.70. The fourth-order valence-corrected chi connectivity index (χ4v) is 3.63. The van der Waals surface area contributed by atoms with Crippen molar-refractivity contribution in [2.24, 2.45) is 10.7 Å². The normalized spacial score (nSPS) is 18.1. The quantitative estimate of drug-likeness (QED) is 0.858. The number of hydrogen-bond acceptors (Lipinski definition) is 4. The molecule has 0 aliphatic carbocycles. The van der Waals surface area contributed by atoms with Crippen molar-refractivity contribution >= 4 is 17.3 Å². The van der Waals surface area contributed by atoms with Crippen LogP contribution in [0.5, 0.6) is 0 Å². The van der Waals surface area contributed by atoms with Gasteiger partial charge in [-0.2, -0.15) is 0 Å². The summed E-state index contributed by atoms with van der Waals surface area (Å²) in [6, 6.07) is 4.28. The predicted molar refractivity (Wildman–Crippen MR) is 78.9 cm³/mol. The molecule has 2 N–H and O–H groups in total. The summed E-state index contributed by atoms with van der Waals surface area (Å²) in [5.41, 5.74) is 6.28. The van der Waals surface area contributed by atoms with Crippen LogP contribution in [0.2, 0.25) is 0 Å². The maximum absolute atomic E-state index is 6.11. The SMILES string of the molecule is CCCC1(CCC)CN=C(N)N1Cc1cccs1. The molecule has 0 radical (unpaired) electrons. The molecule has 4 heteroatoms. The first-order chi connectivity index (χ1) is 8.72. The van der Waals surface area contributed by atoms with E-state index in [1.54, 1.807) is 11.3 Å². The van der Waals surface area contributed by atoms with Crippen LogP contribution in [0.1, 0.15) is 44.4 Å². The van der Waals surface area contributed by atoms with Crippen LogP contribution >= 0.6 is 11.3 Å². The topological polar surface area (TPSA) is 41.6 Å². The molecule has 3 nitrogen and oxygen atoms in total. The van der Waals surface area contributed by atoms with Gasteiger partial charge >= 0.3 is 0 Å². The van der Waals surface area contributed by atoms with Crippen molar-refractivity contribution in [3.63, 3.8) is 0 Å². The van der Waals surface area contributed by atoms with E-state index < -0.39 is 0 Å². The summed E-state index contributed by atoms with van der Waals surface area (Å²) in [6.45, 7) is 6.27. The van der Waals surface area contributed by atoms with Gasteiger partial charge < -0.3 is 10.6 Å². The van der Waals surface area contributed by atoms with Crippen LogP contribution in [0.15, 0.2) is 22.5 Å². The monoisotopic (exact) mass is 265 g/mol. The largest absolute Gasteiger partial charge is 0.370 e. The van der Waals surface area contributed by atoms with Gasteiger partial charge in [0.05, 0.1) is 18.6 Å². The number of hydrogen-bond donors (Lipinski definition) is 1. The third kappa shape index (κ3) is 2.53. The highest BCUT2D eigenvalue weighted by Crippen LogP contribution is 2.33. The van der Waals surface area contributed by atoms with Crippen LogP contribution < -0.4 is 5.73 Å². The lowest BCUT2D eigenvalue weighted by Crippen LogP contribution is -2.50. The van der Waals surface area contributed by atoms with Crippen molar-refractivity contribution in [1.29, 1.82) is 0 Å². The van der Waals surface area contributed by atoms with E-state index >= 15 is 0 Å². The second kappa shape index (κ2) is 5.74. The smallest absolute Gasteiger partial charge is 0.192 e. The zero-order chi connectivity index (χ0) is 13.0.